The van der Waals surface area contributed by atoms with Crippen molar-refractivity contribution in [2.75, 3.05) is 13.1 Å². The number of likely N-dealkylation sites (tertiary alicyclic amines) is 1. The fraction of sp³-hybridized carbons (Fsp3) is 0.611. The van der Waals surface area contributed by atoms with Crippen LogP contribution in [-0.2, 0) is 11.3 Å². The van der Waals surface area contributed by atoms with E-state index in [0.717, 1.165) is 24.1 Å². The number of aliphatic hydroxyl groups excluding tert-OH is 1. The van der Waals surface area contributed by atoms with E-state index in [4.69, 9.17) is 4.74 Å². The fourth-order valence-corrected chi connectivity index (χ4v) is 2.80. The first-order valence-electron chi connectivity index (χ1n) is 8.22. The second kappa shape index (κ2) is 7.32. The summed E-state index contributed by atoms with van der Waals surface area (Å²) in [6, 6.07) is 8.37. The topological polar surface area (TPSA) is 61.8 Å². The Hall–Kier alpha value is -1.59. The van der Waals surface area contributed by atoms with Crippen LogP contribution in [0.4, 0.5) is 4.79 Å². The van der Waals surface area contributed by atoms with Crippen molar-refractivity contribution >= 4 is 6.09 Å². The van der Waals surface area contributed by atoms with Gasteiger partial charge in [0.25, 0.3) is 0 Å². The third kappa shape index (κ3) is 5.22. The second-order valence-electron chi connectivity index (χ2n) is 7.20. The van der Waals surface area contributed by atoms with Crippen molar-refractivity contribution in [2.45, 2.75) is 58.4 Å². The van der Waals surface area contributed by atoms with Gasteiger partial charge in [0.05, 0.1) is 6.61 Å². The largest absolute Gasteiger partial charge is 0.444 e. The van der Waals surface area contributed by atoms with E-state index in [1.54, 1.807) is 4.90 Å². The maximum absolute atomic E-state index is 12.1. The lowest BCUT2D eigenvalue weighted by atomic mass is 10.0. The molecule has 1 heterocycles. The standard InChI is InChI=1S/C18H28N2O3/c1-13(15-7-5-6-14(10-15)12-21)19-16-8-9-20(11-16)17(22)23-18(2,3)4/h5-7,10,13,16,19,21H,8-9,11-12H2,1-4H3/t13-,16+/m0/s1. The second-order valence-corrected chi connectivity index (χ2v) is 7.20. The molecule has 1 aliphatic rings. The highest BCUT2D eigenvalue weighted by molar-refractivity contribution is 5.68. The molecule has 0 unspecified atom stereocenters. The highest BCUT2D eigenvalue weighted by Gasteiger charge is 2.30. The molecule has 1 amide bonds. The number of hydrogen-bond donors (Lipinski definition) is 2. The third-order valence-electron chi connectivity index (χ3n) is 3.96. The van der Waals surface area contributed by atoms with E-state index >= 15 is 0 Å². The number of carbonyl (C=O) groups is 1. The molecule has 0 aliphatic carbocycles. The van der Waals surface area contributed by atoms with E-state index in [1.165, 1.54) is 0 Å². The molecule has 0 aromatic heterocycles. The number of aliphatic hydroxyl groups is 1. The Morgan fingerprint density at radius 1 is 1.48 bits per heavy atom. The summed E-state index contributed by atoms with van der Waals surface area (Å²) in [6.07, 6.45) is 0.681. The molecule has 1 aromatic rings. The Kier molecular flexibility index (Phi) is 5.65. The van der Waals surface area contributed by atoms with Crippen molar-refractivity contribution in [3.8, 4) is 0 Å². The number of amides is 1. The molecule has 2 rings (SSSR count). The normalized spacial score (nSPS) is 19.7. The maximum Gasteiger partial charge on any atom is 0.410 e. The number of nitrogens with zero attached hydrogens (tertiary/aromatic N) is 1. The summed E-state index contributed by atoms with van der Waals surface area (Å²) in [5, 5.41) is 12.8. The zero-order valence-electron chi connectivity index (χ0n) is 14.5. The van der Waals surface area contributed by atoms with E-state index < -0.39 is 5.60 Å². The summed E-state index contributed by atoms with van der Waals surface area (Å²) in [6.45, 7) is 9.19. The molecule has 0 bridgehead atoms. The summed E-state index contributed by atoms with van der Waals surface area (Å²) >= 11 is 0. The van der Waals surface area contributed by atoms with Gasteiger partial charge >= 0.3 is 6.09 Å². The number of hydrogen-bond acceptors (Lipinski definition) is 4. The minimum Gasteiger partial charge on any atom is -0.444 e. The van der Waals surface area contributed by atoms with Gasteiger partial charge in [0.15, 0.2) is 0 Å². The Morgan fingerprint density at radius 3 is 2.87 bits per heavy atom. The average Bonchev–Trinajstić information content (AvgIpc) is 2.94. The molecule has 0 radical (unpaired) electrons. The number of rotatable bonds is 4. The molecule has 2 N–H and O–H groups in total. The van der Waals surface area contributed by atoms with Gasteiger partial charge < -0.3 is 20.1 Å². The number of nitrogens with one attached hydrogen (secondary N) is 1. The van der Waals surface area contributed by atoms with Crippen molar-refractivity contribution in [3.63, 3.8) is 0 Å². The van der Waals surface area contributed by atoms with Crippen LogP contribution in [0.2, 0.25) is 0 Å². The highest BCUT2D eigenvalue weighted by Crippen LogP contribution is 2.20. The van der Waals surface area contributed by atoms with E-state index in [-0.39, 0.29) is 24.8 Å². The zero-order chi connectivity index (χ0) is 17.0. The van der Waals surface area contributed by atoms with Gasteiger partial charge in [0.1, 0.15) is 5.60 Å². The molecule has 5 nitrogen and oxygen atoms in total. The Morgan fingerprint density at radius 2 is 2.22 bits per heavy atom. The van der Waals surface area contributed by atoms with Crippen molar-refractivity contribution < 1.29 is 14.6 Å². The smallest absolute Gasteiger partial charge is 0.410 e. The molecule has 0 saturated carbocycles. The van der Waals surface area contributed by atoms with Crippen LogP contribution in [0, 0.1) is 0 Å². The monoisotopic (exact) mass is 320 g/mol. The third-order valence-corrected chi connectivity index (χ3v) is 3.96. The summed E-state index contributed by atoms with van der Waals surface area (Å²) in [5.41, 5.74) is 1.60. The van der Waals surface area contributed by atoms with Gasteiger partial charge in [-0.3, -0.25) is 0 Å². The van der Waals surface area contributed by atoms with Gasteiger partial charge in [-0.15, -0.1) is 0 Å². The Balaban J connectivity index is 1.88. The molecule has 0 spiro atoms. The van der Waals surface area contributed by atoms with Gasteiger partial charge in [-0.05, 0) is 45.2 Å². The molecule has 1 aromatic carbocycles. The summed E-state index contributed by atoms with van der Waals surface area (Å²) in [7, 11) is 0. The lowest BCUT2D eigenvalue weighted by molar-refractivity contribution is 0.0290. The minimum absolute atomic E-state index is 0.0520. The van der Waals surface area contributed by atoms with E-state index in [2.05, 4.69) is 18.3 Å². The number of ether oxygens (including phenoxy) is 1. The van der Waals surface area contributed by atoms with E-state index in [1.807, 2.05) is 39.0 Å². The molecular weight excluding hydrogens is 292 g/mol. The predicted octanol–water partition coefficient (Wildman–Crippen LogP) is 2.84. The van der Waals surface area contributed by atoms with Crippen molar-refractivity contribution in [1.29, 1.82) is 0 Å². The van der Waals surface area contributed by atoms with Gasteiger partial charge in [0, 0.05) is 25.2 Å². The fourth-order valence-electron chi connectivity index (χ4n) is 2.80. The van der Waals surface area contributed by atoms with Crippen LogP contribution in [0.1, 0.15) is 51.3 Å². The van der Waals surface area contributed by atoms with E-state index in [9.17, 15) is 9.90 Å². The van der Waals surface area contributed by atoms with Gasteiger partial charge in [-0.1, -0.05) is 24.3 Å². The van der Waals surface area contributed by atoms with Crippen molar-refractivity contribution in [1.82, 2.24) is 10.2 Å². The van der Waals surface area contributed by atoms with Crippen LogP contribution in [0.3, 0.4) is 0 Å². The lowest BCUT2D eigenvalue weighted by Gasteiger charge is -2.25. The summed E-state index contributed by atoms with van der Waals surface area (Å²) < 4.78 is 5.42. The van der Waals surface area contributed by atoms with E-state index in [0.29, 0.717) is 6.54 Å². The van der Waals surface area contributed by atoms with Gasteiger partial charge in [0.2, 0.25) is 0 Å². The summed E-state index contributed by atoms with van der Waals surface area (Å²) in [4.78, 5) is 13.9. The first-order valence-corrected chi connectivity index (χ1v) is 8.22. The first kappa shape index (κ1) is 17.8. The van der Waals surface area contributed by atoms with Crippen LogP contribution in [0.5, 0.6) is 0 Å². The van der Waals surface area contributed by atoms with Crippen molar-refractivity contribution in [2.24, 2.45) is 0 Å². The van der Waals surface area contributed by atoms with Crippen LogP contribution in [-0.4, -0.2) is 40.8 Å². The average molecular weight is 320 g/mol. The minimum atomic E-state index is -0.458. The van der Waals surface area contributed by atoms with Gasteiger partial charge in [-0.25, -0.2) is 4.79 Å². The maximum atomic E-state index is 12.1. The molecule has 1 saturated heterocycles. The predicted molar refractivity (Wildman–Crippen MR) is 90.1 cm³/mol. The molecule has 1 fully saturated rings. The first-order chi connectivity index (χ1) is 10.8. The quantitative estimate of drug-likeness (QED) is 0.895. The molecule has 1 aliphatic heterocycles. The van der Waals surface area contributed by atoms with Crippen molar-refractivity contribution in [3.05, 3.63) is 35.4 Å². The lowest BCUT2D eigenvalue weighted by Crippen LogP contribution is -2.39. The van der Waals surface area contributed by atoms with Crippen LogP contribution < -0.4 is 5.32 Å². The number of carbonyl (C=O) groups excluding carboxylic acids is 1. The highest BCUT2D eigenvalue weighted by atomic mass is 16.6. The van der Waals surface area contributed by atoms with Crippen LogP contribution >= 0.6 is 0 Å². The summed E-state index contributed by atoms with van der Waals surface area (Å²) in [5.74, 6) is 0. The van der Waals surface area contributed by atoms with Crippen LogP contribution in [0.25, 0.3) is 0 Å². The zero-order valence-corrected chi connectivity index (χ0v) is 14.5. The van der Waals surface area contributed by atoms with Crippen LogP contribution in [0.15, 0.2) is 24.3 Å². The number of benzene rings is 1. The molecule has 23 heavy (non-hydrogen) atoms. The molecular formula is C18H28N2O3. The van der Waals surface area contributed by atoms with Gasteiger partial charge in [-0.2, -0.15) is 0 Å². The SMILES string of the molecule is C[C@H](N[C@@H]1CCN(C(=O)OC(C)(C)C)C1)c1cccc(CO)c1. The Bertz CT molecular complexity index is 539. The molecule has 2 atom stereocenters. The Labute approximate surface area is 138 Å². The molecule has 128 valence electrons. The molecule has 5 heteroatoms.